The first-order valence-corrected chi connectivity index (χ1v) is 4.00. The summed E-state index contributed by atoms with van der Waals surface area (Å²) >= 11 is 0. The first kappa shape index (κ1) is 9.35. The van der Waals surface area contributed by atoms with Crippen molar-refractivity contribution in [2.24, 2.45) is 0 Å². The SMILES string of the molecule is O=CCCC(=O)C1COCCO1. The van der Waals surface area contributed by atoms with Gasteiger partial charge in [-0.2, -0.15) is 0 Å². The number of Topliss-reactive ketones (excluding diaryl/α,β-unsaturated/α-hetero) is 1. The maximum absolute atomic E-state index is 11.2. The monoisotopic (exact) mass is 172 g/mol. The van der Waals surface area contributed by atoms with Crippen LogP contribution in [0.2, 0.25) is 0 Å². The van der Waals surface area contributed by atoms with Crippen LogP contribution in [0.25, 0.3) is 0 Å². The minimum absolute atomic E-state index is 0.0400. The van der Waals surface area contributed by atoms with Crippen LogP contribution in [0.3, 0.4) is 0 Å². The number of rotatable bonds is 4. The molecule has 12 heavy (non-hydrogen) atoms. The summed E-state index contributed by atoms with van der Waals surface area (Å²) in [7, 11) is 0. The second-order valence-corrected chi connectivity index (χ2v) is 2.61. The van der Waals surface area contributed by atoms with Gasteiger partial charge in [0.1, 0.15) is 12.4 Å². The number of ether oxygens (including phenoxy) is 2. The third kappa shape index (κ3) is 2.71. The van der Waals surface area contributed by atoms with Crippen molar-refractivity contribution < 1.29 is 19.1 Å². The van der Waals surface area contributed by atoms with Gasteiger partial charge in [-0.25, -0.2) is 0 Å². The quantitative estimate of drug-likeness (QED) is 0.558. The average Bonchev–Trinajstić information content (AvgIpc) is 2.15. The minimum atomic E-state index is -0.446. The van der Waals surface area contributed by atoms with Crippen molar-refractivity contribution >= 4 is 12.1 Å². The molecule has 0 amide bonds. The Morgan fingerprint density at radius 3 is 2.92 bits per heavy atom. The van der Waals surface area contributed by atoms with Crippen molar-refractivity contribution in [3.05, 3.63) is 0 Å². The molecule has 0 saturated carbocycles. The van der Waals surface area contributed by atoms with E-state index in [1.807, 2.05) is 0 Å². The van der Waals surface area contributed by atoms with E-state index in [9.17, 15) is 9.59 Å². The van der Waals surface area contributed by atoms with Crippen LogP contribution in [0.4, 0.5) is 0 Å². The van der Waals surface area contributed by atoms with Crippen molar-refractivity contribution in [1.29, 1.82) is 0 Å². The molecule has 1 aliphatic rings. The highest BCUT2D eigenvalue weighted by Gasteiger charge is 2.21. The largest absolute Gasteiger partial charge is 0.376 e. The molecule has 1 atom stereocenters. The van der Waals surface area contributed by atoms with Crippen LogP contribution < -0.4 is 0 Å². The van der Waals surface area contributed by atoms with E-state index in [4.69, 9.17) is 9.47 Å². The van der Waals surface area contributed by atoms with E-state index in [1.54, 1.807) is 0 Å². The standard InChI is InChI=1S/C8H12O4/c9-3-1-2-7(10)8-6-11-4-5-12-8/h3,8H,1-2,4-6H2. The molecule has 1 saturated heterocycles. The van der Waals surface area contributed by atoms with Gasteiger partial charge in [-0.1, -0.05) is 0 Å². The van der Waals surface area contributed by atoms with Gasteiger partial charge in [0, 0.05) is 12.8 Å². The van der Waals surface area contributed by atoms with Gasteiger partial charge < -0.3 is 14.3 Å². The Hall–Kier alpha value is -0.740. The zero-order valence-electron chi connectivity index (χ0n) is 6.82. The van der Waals surface area contributed by atoms with E-state index in [0.29, 0.717) is 19.8 Å². The molecule has 1 unspecified atom stereocenters. The predicted molar refractivity (Wildman–Crippen MR) is 40.9 cm³/mol. The summed E-state index contributed by atoms with van der Waals surface area (Å²) in [5, 5.41) is 0. The Bertz CT molecular complexity index is 160. The number of hydrogen-bond acceptors (Lipinski definition) is 4. The third-order valence-corrected chi connectivity index (χ3v) is 1.68. The molecule has 4 heteroatoms. The molecule has 0 aromatic rings. The fraction of sp³-hybridized carbons (Fsp3) is 0.750. The summed E-state index contributed by atoms with van der Waals surface area (Å²) < 4.78 is 10.2. The number of carbonyl (C=O) groups is 2. The van der Waals surface area contributed by atoms with Crippen LogP contribution >= 0.6 is 0 Å². The second kappa shape index (κ2) is 5.00. The molecule has 0 bridgehead atoms. The Morgan fingerprint density at radius 1 is 1.50 bits per heavy atom. The zero-order valence-corrected chi connectivity index (χ0v) is 6.82. The molecule has 1 rings (SSSR count). The van der Waals surface area contributed by atoms with E-state index in [1.165, 1.54) is 0 Å². The lowest BCUT2D eigenvalue weighted by Crippen LogP contribution is -2.35. The van der Waals surface area contributed by atoms with Gasteiger partial charge in [-0.3, -0.25) is 4.79 Å². The van der Waals surface area contributed by atoms with E-state index in [0.717, 1.165) is 6.29 Å². The van der Waals surface area contributed by atoms with Gasteiger partial charge in [0.15, 0.2) is 5.78 Å². The van der Waals surface area contributed by atoms with Gasteiger partial charge in [-0.15, -0.1) is 0 Å². The van der Waals surface area contributed by atoms with E-state index in [2.05, 4.69) is 0 Å². The molecule has 0 aromatic heterocycles. The Balaban J connectivity index is 2.24. The van der Waals surface area contributed by atoms with E-state index in [-0.39, 0.29) is 18.6 Å². The highest BCUT2D eigenvalue weighted by Crippen LogP contribution is 2.04. The van der Waals surface area contributed by atoms with Gasteiger partial charge in [0.05, 0.1) is 19.8 Å². The van der Waals surface area contributed by atoms with Crippen molar-refractivity contribution in [2.45, 2.75) is 18.9 Å². The number of carbonyl (C=O) groups excluding carboxylic acids is 2. The van der Waals surface area contributed by atoms with Crippen LogP contribution in [0, 0.1) is 0 Å². The lowest BCUT2D eigenvalue weighted by Gasteiger charge is -2.21. The lowest BCUT2D eigenvalue weighted by atomic mass is 10.1. The number of aldehydes is 1. The Labute approximate surface area is 70.8 Å². The number of ketones is 1. The van der Waals surface area contributed by atoms with Crippen molar-refractivity contribution in [3.63, 3.8) is 0 Å². The van der Waals surface area contributed by atoms with Crippen LogP contribution in [-0.2, 0) is 19.1 Å². The Kier molecular flexibility index (Phi) is 3.90. The van der Waals surface area contributed by atoms with E-state index >= 15 is 0 Å². The van der Waals surface area contributed by atoms with Crippen molar-refractivity contribution in [3.8, 4) is 0 Å². The fourth-order valence-electron chi connectivity index (χ4n) is 1.04. The smallest absolute Gasteiger partial charge is 0.164 e. The average molecular weight is 172 g/mol. The summed E-state index contributed by atoms with van der Waals surface area (Å²) in [6.07, 6.45) is 0.830. The molecule has 0 N–H and O–H groups in total. The summed E-state index contributed by atoms with van der Waals surface area (Å²) in [5.41, 5.74) is 0. The first-order valence-electron chi connectivity index (χ1n) is 4.00. The highest BCUT2D eigenvalue weighted by atomic mass is 16.6. The van der Waals surface area contributed by atoms with Crippen LogP contribution in [0.5, 0.6) is 0 Å². The number of hydrogen-bond donors (Lipinski definition) is 0. The van der Waals surface area contributed by atoms with Gasteiger partial charge >= 0.3 is 0 Å². The van der Waals surface area contributed by atoms with Crippen molar-refractivity contribution in [1.82, 2.24) is 0 Å². The Morgan fingerprint density at radius 2 is 2.33 bits per heavy atom. The summed E-state index contributed by atoms with van der Waals surface area (Å²) in [4.78, 5) is 21.2. The normalized spacial score (nSPS) is 23.5. The molecule has 4 nitrogen and oxygen atoms in total. The highest BCUT2D eigenvalue weighted by molar-refractivity contribution is 5.84. The molecule has 1 heterocycles. The fourth-order valence-corrected chi connectivity index (χ4v) is 1.04. The molecule has 1 fully saturated rings. The first-order chi connectivity index (χ1) is 5.84. The maximum atomic E-state index is 11.2. The molecular weight excluding hydrogens is 160 g/mol. The van der Waals surface area contributed by atoms with Gasteiger partial charge in [0.25, 0.3) is 0 Å². The van der Waals surface area contributed by atoms with Gasteiger partial charge in [-0.05, 0) is 0 Å². The molecule has 68 valence electrons. The van der Waals surface area contributed by atoms with E-state index < -0.39 is 6.10 Å². The minimum Gasteiger partial charge on any atom is -0.376 e. The zero-order chi connectivity index (χ0) is 8.81. The van der Waals surface area contributed by atoms with Gasteiger partial charge in [0.2, 0.25) is 0 Å². The summed E-state index contributed by atoms with van der Waals surface area (Å²) in [6, 6.07) is 0. The predicted octanol–water partition coefficient (Wildman–Crippen LogP) is -0.0500. The third-order valence-electron chi connectivity index (χ3n) is 1.68. The molecule has 1 aliphatic heterocycles. The van der Waals surface area contributed by atoms with Crippen LogP contribution in [0.1, 0.15) is 12.8 Å². The lowest BCUT2D eigenvalue weighted by molar-refractivity contribution is -0.145. The van der Waals surface area contributed by atoms with Crippen LogP contribution in [0.15, 0.2) is 0 Å². The molecule has 0 aromatic carbocycles. The maximum Gasteiger partial charge on any atom is 0.164 e. The molecule has 0 spiro atoms. The summed E-state index contributed by atoms with van der Waals surface area (Å²) in [6.45, 7) is 1.35. The topological polar surface area (TPSA) is 52.6 Å². The summed E-state index contributed by atoms with van der Waals surface area (Å²) in [5.74, 6) is -0.0400. The second-order valence-electron chi connectivity index (χ2n) is 2.61. The molecule has 0 aliphatic carbocycles. The van der Waals surface area contributed by atoms with Crippen molar-refractivity contribution in [2.75, 3.05) is 19.8 Å². The molecule has 0 radical (unpaired) electrons. The molecular formula is C8H12O4. The van der Waals surface area contributed by atoms with Crippen LogP contribution in [-0.4, -0.2) is 38.0 Å².